The van der Waals surface area contributed by atoms with Crippen LogP contribution in [0.1, 0.15) is 12.0 Å². The lowest BCUT2D eigenvalue weighted by Gasteiger charge is -2.04. The van der Waals surface area contributed by atoms with Crippen molar-refractivity contribution < 1.29 is 8.78 Å². The molecule has 0 N–H and O–H groups in total. The molecule has 0 saturated carbocycles. The lowest BCUT2D eigenvalue weighted by molar-refractivity contribution is 0.552. The summed E-state index contributed by atoms with van der Waals surface area (Å²) in [5, 5.41) is 0. The van der Waals surface area contributed by atoms with Crippen molar-refractivity contribution in [2.75, 3.05) is 5.75 Å². The van der Waals surface area contributed by atoms with Crippen molar-refractivity contribution in [1.82, 2.24) is 0 Å². The van der Waals surface area contributed by atoms with Crippen molar-refractivity contribution in [2.45, 2.75) is 12.8 Å². The van der Waals surface area contributed by atoms with E-state index in [0.717, 1.165) is 0 Å². The summed E-state index contributed by atoms with van der Waals surface area (Å²) in [6, 6.07) is 2.55. The fourth-order valence-corrected chi connectivity index (χ4v) is 1.63. The van der Waals surface area contributed by atoms with Gasteiger partial charge in [-0.25, -0.2) is 8.78 Å². The van der Waals surface area contributed by atoms with Gasteiger partial charge in [0, 0.05) is 10.0 Å². The van der Waals surface area contributed by atoms with E-state index in [-0.39, 0.29) is 5.56 Å². The zero-order chi connectivity index (χ0) is 9.84. The van der Waals surface area contributed by atoms with Crippen LogP contribution in [0, 0.1) is 11.6 Å². The highest BCUT2D eigenvalue weighted by Crippen LogP contribution is 2.20. The average Bonchev–Trinajstić information content (AvgIpc) is 2.02. The van der Waals surface area contributed by atoms with E-state index in [0.29, 0.717) is 23.1 Å². The lowest BCUT2D eigenvalue weighted by atomic mass is 10.1. The Morgan fingerprint density at radius 2 is 1.77 bits per heavy atom. The second-order valence-electron chi connectivity index (χ2n) is 2.68. The molecule has 0 aromatic heterocycles. The molecule has 0 unspecified atom stereocenters. The summed E-state index contributed by atoms with van der Waals surface area (Å²) in [5.41, 5.74) is 0.150. The summed E-state index contributed by atoms with van der Waals surface area (Å²) in [6.45, 7) is 0. The summed E-state index contributed by atoms with van der Waals surface area (Å²) in [4.78, 5) is 0. The van der Waals surface area contributed by atoms with Crippen LogP contribution in [0.2, 0.25) is 0 Å². The van der Waals surface area contributed by atoms with Crippen molar-refractivity contribution in [3.63, 3.8) is 0 Å². The quantitative estimate of drug-likeness (QED) is 0.795. The first-order chi connectivity index (χ1) is 6.15. The molecule has 0 aliphatic carbocycles. The van der Waals surface area contributed by atoms with E-state index in [1.165, 1.54) is 12.1 Å². The third-order valence-corrected chi connectivity index (χ3v) is 2.46. The molecule has 0 radical (unpaired) electrons. The topological polar surface area (TPSA) is 0 Å². The van der Waals surface area contributed by atoms with Crippen LogP contribution in [-0.2, 0) is 6.42 Å². The highest BCUT2D eigenvalue weighted by molar-refractivity contribution is 9.10. The molecule has 1 aromatic carbocycles. The third kappa shape index (κ3) is 2.95. The maximum atomic E-state index is 13.1. The number of benzene rings is 1. The Bertz CT molecular complexity index is 279. The first-order valence-corrected chi connectivity index (χ1v) is 5.32. The van der Waals surface area contributed by atoms with Gasteiger partial charge in [0.1, 0.15) is 11.6 Å². The Balaban J connectivity index is 2.92. The molecule has 4 heteroatoms. The highest BCUT2D eigenvalue weighted by atomic mass is 79.9. The van der Waals surface area contributed by atoms with Crippen LogP contribution in [0.5, 0.6) is 0 Å². The van der Waals surface area contributed by atoms with E-state index < -0.39 is 11.6 Å². The maximum Gasteiger partial charge on any atom is 0.130 e. The molecule has 0 bridgehead atoms. The number of hydrogen-bond donors (Lipinski definition) is 1. The van der Waals surface area contributed by atoms with Crippen molar-refractivity contribution in [3.05, 3.63) is 33.8 Å². The smallest absolute Gasteiger partial charge is 0.130 e. The molecule has 0 aliphatic rings. The molecule has 0 amide bonds. The summed E-state index contributed by atoms with van der Waals surface area (Å²) in [7, 11) is 0. The van der Waals surface area contributed by atoms with Gasteiger partial charge in [-0.15, -0.1) is 0 Å². The van der Waals surface area contributed by atoms with E-state index in [2.05, 4.69) is 28.6 Å². The van der Waals surface area contributed by atoms with Gasteiger partial charge in [-0.3, -0.25) is 0 Å². The maximum absolute atomic E-state index is 13.1. The fraction of sp³-hybridized carbons (Fsp3) is 0.333. The van der Waals surface area contributed by atoms with Gasteiger partial charge in [0.15, 0.2) is 0 Å². The Hall–Kier alpha value is -0.0900. The Labute approximate surface area is 89.9 Å². The molecule has 1 aromatic rings. The standard InChI is InChI=1S/C9H9BrF2S/c10-6-4-8(11)7(2-1-3-13)9(12)5-6/h4-5,13H,1-3H2. The van der Waals surface area contributed by atoms with Crippen LogP contribution in [0.15, 0.2) is 16.6 Å². The molecule has 0 fully saturated rings. The molecular formula is C9H9BrF2S. The zero-order valence-electron chi connectivity index (χ0n) is 6.86. The van der Waals surface area contributed by atoms with Crippen molar-refractivity contribution in [3.8, 4) is 0 Å². The normalized spacial score (nSPS) is 10.5. The monoisotopic (exact) mass is 266 g/mol. The van der Waals surface area contributed by atoms with Crippen LogP contribution < -0.4 is 0 Å². The Morgan fingerprint density at radius 3 is 2.23 bits per heavy atom. The average molecular weight is 267 g/mol. The zero-order valence-corrected chi connectivity index (χ0v) is 9.34. The van der Waals surface area contributed by atoms with Crippen molar-refractivity contribution >= 4 is 28.6 Å². The first-order valence-electron chi connectivity index (χ1n) is 3.89. The largest absolute Gasteiger partial charge is 0.207 e. The summed E-state index contributed by atoms with van der Waals surface area (Å²) < 4.78 is 26.7. The number of halogens is 3. The summed E-state index contributed by atoms with van der Waals surface area (Å²) in [6.07, 6.45) is 1.08. The van der Waals surface area contributed by atoms with E-state index in [4.69, 9.17) is 0 Å². The second kappa shape index (κ2) is 4.96. The van der Waals surface area contributed by atoms with Crippen molar-refractivity contribution in [2.24, 2.45) is 0 Å². The van der Waals surface area contributed by atoms with E-state index in [1.807, 2.05) is 0 Å². The number of thiol groups is 1. The SMILES string of the molecule is Fc1cc(Br)cc(F)c1CCCS. The fourth-order valence-electron chi connectivity index (χ4n) is 1.07. The van der Waals surface area contributed by atoms with Crippen LogP contribution >= 0.6 is 28.6 Å². The predicted octanol–water partition coefficient (Wildman–Crippen LogP) is 3.59. The molecule has 0 saturated heterocycles. The molecule has 0 spiro atoms. The minimum absolute atomic E-state index is 0.150. The minimum Gasteiger partial charge on any atom is -0.207 e. The summed E-state index contributed by atoms with van der Waals surface area (Å²) >= 11 is 7.01. The van der Waals surface area contributed by atoms with Gasteiger partial charge in [-0.2, -0.15) is 12.6 Å². The molecule has 13 heavy (non-hydrogen) atoms. The molecule has 72 valence electrons. The lowest BCUT2D eigenvalue weighted by Crippen LogP contribution is -1.96. The summed E-state index contributed by atoms with van der Waals surface area (Å²) in [5.74, 6) is -0.350. The van der Waals surface area contributed by atoms with Gasteiger partial charge in [0.05, 0.1) is 0 Å². The van der Waals surface area contributed by atoms with Gasteiger partial charge >= 0.3 is 0 Å². The van der Waals surface area contributed by atoms with Gasteiger partial charge in [0.25, 0.3) is 0 Å². The second-order valence-corrected chi connectivity index (χ2v) is 4.04. The van der Waals surface area contributed by atoms with Gasteiger partial charge in [-0.1, -0.05) is 15.9 Å². The van der Waals surface area contributed by atoms with Crippen LogP contribution in [-0.4, -0.2) is 5.75 Å². The van der Waals surface area contributed by atoms with E-state index in [1.54, 1.807) is 0 Å². The highest BCUT2D eigenvalue weighted by Gasteiger charge is 2.09. The van der Waals surface area contributed by atoms with E-state index >= 15 is 0 Å². The van der Waals surface area contributed by atoms with Gasteiger partial charge in [0.2, 0.25) is 0 Å². The minimum atomic E-state index is -0.492. The molecule has 0 aliphatic heterocycles. The molecule has 0 atom stereocenters. The third-order valence-electron chi connectivity index (χ3n) is 1.69. The molecule has 0 heterocycles. The Morgan fingerprint density at radius 1 is 1.23 bits per heavy atom. The molecule has 1 rings (SSSR count). The van der Waals surface area contributed by atoms with Crippen LogP contribution in [0.3, 0.4) is 0 Å². The van der Waals surface area contributed by atoms with Crippen molar-refractivity contribution in [1.29, 1.82) is 0 Å². The van der Waals surface area contributed by atoms with E-state index in [9.17, 15) is 8.78 Å². The Kier molecular flexibility index (Phi) is 4.19. The van der Waals surface area contributed by atoms with Crippen LogP contribution in [0.4, 0.5) is 8.78 Å². The van der Waals surface area contributed by atoms with Gasteiger partial charge in [-0.05, 0) is 30.7 Å². The van der Waals surface area contributed by atoms with Crippen LogP contribution in [0.25, 0.3) is 0 Å². The number of hydrogen-bond acceptors (Lipinski definition) is 1. The first kappa shape index (κ1) is 11.0. The molecular weight excluding hydrogens is 258 g/mol. The predicted molar refractivity (Wildman–Crippen MR) is 56.2 cm³/mol. The molecule has 0 nitrogen and oxygen atoms in total. The number of rotatable bonds is 3. The van der Waals surface area contributed by atoms with Gasteiger partial charge < -0.3 is 0 Å².